The summed E-state index contributed by atoms with van der Waals surface area (Å²) in [5.74, 6) is 0. The second-order valence-corrected chi connectivity index (χ2v) is 8.48. The van der Waals surface area contributed by atoms with Gasteiger partial charge in [0.25, 0.3) is 5.69 Å². The summed E-state index contributed by atoms with van der Waals surface area (Å²) < 4.78 is 12.4. The summed E-state index contributed by atoms with van der Waals surface area (Å²) in [5, 5.41) is 11.0. The van der Waals surface area contributed by atoms with Gasteiger partial charge in [-0.2, -0.15) is 0 Å². The molecule has 1 heterocycles. The van der Waals surface area contributed by atoms with E-state index in [9.17, 15) is 14.9 Å². The number of nitrogens with zero attached hydrogens (tertiary/aromatic N) is 2. The number of nitro benzene ring substituents is 1. The third-order valence-electron chi connectivity index (χ3n) is 6.27. The molecule has 1 atom stereocenters. The van der Waals surface area contributed by atoms with Crippen LogP contribution in [-0.2, 0) is 15.1 Å². The topological polar surface area (TPSA) is 81.9 Å². The van der Waals surface area contributed by atoms with Crippen molar-refractivity contribution >= 4 is 17.5 Å². The predicted molar refractivity (Wildman–Crippen MR) is 136 cm³/mol. The van der Waals surface area contributed by atoms with Crippen LogP contribution in [0.15, 0.2) is 115 Å². The highest BCUT2D eigenvalue weighted by molar-refractivity contribution is 5.89. The summed E-state index contributed by atoms with van der Waals surface area (Å²) in [4.78, 5) is 24.6. The molecule has 180 valence electrons. The maximum atomic E-state index is 12.7. The minimum Gasteiger partial charge on any atom is -0.441 e. The first-order valence-corrected chi connectivity index (χ1v) is 11.6. The summed E-state index contributed by atoms with van der Waals surface area (Å²) in [7, 11) is 0. The van der Waals surface area contributed by atoms with Gasteiger partial charge in [0, 0.05) is 17.8 Å². The minimum atomic E-state index is -0.920. The van der Waals surface area contributed by atoms with Crippen molar-refractivity contribution in [3.63, 3.8) is 0 Å². The van der Waals surface area contributed by atoms with Crippen molar-refractivity contribution in [1.82, 2.24) is 0 Å². The van der Waals surface area contributed by atoms with Crippen molar-refractivity contribution in [2.24, 2.45) is 0 Å². The van der Waals surface area contributed by atoms with E-state index in [4.69, 9.17) is 9.47 Å². The molecule has 1 saturated heterocycles. The molecule has 0 spiro atoms. The normalized spacial score (nSPS) is 15.5. The van der Waals surface area contributed by atoms with Gasteiger partial charge in [-0.1, -0.05) is 91.0 Å². The van der Waals surface area contributed by atoms with Crippen LogP contribution >= 0.6 is 0 Å². The molecule has 5 rings (SSSR count). The lowest BCUT2D eigenvalue weighted by Crippen LogP contribution is -2.36. The van der Waals surface area contributed by atoms with Gasteiger partial charge in [0.15, 0.2) is 0 Å². The zero-order valence-corrected chi connectivity index (χ0v) is 19.4. The van der Waals surface area contributed by atoms with E-state index in [-0.39, 0.29) is 18.8 Å². The molecule has 1 aliphatic heterocycles. The lowest BCUT2D eigenvalue weighted by atomic mass is 9.80. The lowest BCUT2D eigenvalue weighted by Gasteiger charge is -2.36. The van der Waals surface area contributed by atoms with E-state index in [1.807, 2.05) is 91.0 Å². The average molecular weight is 481 g/mol. The number of cyclic esters (lactones) is 1. The second-order valence-electron chi connectivity index (χ2n) is 8.48. The standard InChI is InChI=1S/C29H24N2O5/c32-28-30(25-16-18-26(19-17-25)31(33)34)20-27(36-28)21-35-29(22-10-4-1-5-11-22,23-12-6-2-7-13-23)24-14-8-3-9-15-24/h1-19,27H,20-21H2/t27-/m0/s1. The van der Waals surface area contributed by atoms with Gasteiger partial charge in [0.1, 0.15) is 11.7 Å². The Balaban J connectivity index is 1.45. The number of anilines is 1. The van der Waals surface area contributed by atoms with Gasteiger partial charge >= 0.3 is 6.09 Å². The first-order chi connectivity index (χ1) is 17.6. The Morgan fingerprint density at radius 2 is 1.28 bits per heavy atom. The molecule has 4 aromatic carbocycles. The van der Waals surface area contributed by atoms with Crippen LogP contribution in [-0.4, -0.2) is 30.3 Å². The monoisotopic (exact) mass is 480 g/mol. The average Bonchev–Trinajstić information content (AvgIpc) is 3.31. The van der Waals surface area contributed by atoms with Gasteiger partial charge in [0.05, 0.1) is 18.1 Å². The number of benzene rings is 4. The van der Waals surface area contributed by atoms with E-state index in [1.165, 1.54) is 17.0 Å². The van der Waals surface area contributed by atoms with Crippen LogP contribution in [0.4, 0.5) is 16.2 Å². The quantitative estimate of drug-likeness (QED) is 0.177. The van der Waals surface area contributed by atoms with E-state index < -0.39 is 22.7 Å². The zero-order chi connectivity index (χ0) is 25.0. The van der Waals surface area contributed by atoms with Crippen molar-refractivity contribution in [2.75, 3.05) is 18.1 Å². The molecule has 0 aromatic heterocycles. The number of hydrogen-bond donors (Lipinski definition) is 0. The summed E-state index contributed by atoms with van der Waals surface area (Å²) in [6.07, 6.45) is -1.04. The molecule has 7 nitrogen and oxygen atoms in total. The fourth-order valence-corrected chi connectivity index (χ4v) is 4.56. The van der Waals surface area contributed by atoms with Crippen LogP contribution in [0.25, 0.3) is 0 Å². The Labute approximate surface area is 208 Å². The molecular formula is C29H24N2O5. The summed E-state index contributed by atoms with van der Waals surface area (Å²) in [5.41, 5.74) is 2.45. The Bertz CT molecular complexity index is 1230. The van der Waals surface area contributed by atoms with Gasteiger partial charge in [-0.15, -0.1) is 0 Å². The molecule has 4 aromatic rings. The highest BCUT2D eigenvalue weighted by Gasteiger charge is 2.40. The highest BCUT2D eigenvalue weighted by atomic mass is 16.6. The van der Waals surface area contributed by atoms with Crippen LogP contribution in [0.2, 0.25) is 0 Å². The van der Waals surface area contributed by atoms with Gasteiger partial charge in [-0.25, -0.2) is 4.79 Å². The summed E-state index contributed by atoms with van der Waals surface area (Å²) in [6.45, 7) is 0.416. The number of ether oxygens (including phenoxy) is 2. The second kappa shape index (κ2) is 10.0. The largest absolute Gasteiger partial charge is 0.441 e. The molecule has 7 heteroatoms. The lowest BCUT2D eigenvalue weighted by molar-refractivity contribution is -0.384. The fraction of sp³-hybridized carbons (Fsp3) is 0.138. The van der Waals surface area contributed by atoms with Crippen LogP contribution in [0.1, 0.15) is 16.7 Å². The molecule has 1 amide bonds. The third kappa shape index (κ3) is 4.44. The zero-order valence-electron chi connectivity index (χ0n) is 19.4. The minimum absolute atomic E-state index is 0.0374. The van der Waals surface area contributed by atoms with E-state index in [2.05, 4.69) is 0 Å². The molecule has 0 bridgehead atoms. The van der Waals surface area contributed by atoms with Crippen LogP contribution in [0.3, 0.4) is 0 Å². The first-order valence-electron chi connectivity index (χ1n) is 11.6. The number of rotatable bonds is 8. The maximum Gasteiger partial charge on any atom is 0.414 e. The molecule has 0 unspecified atom stereocenters. The van der Waals surface area contributed by atoms with Crippen molar-refractivity contribution in [2.45, 2.75) is 11.7 Å². The Kier molecular flexibility index (Phi) is 6.47. The number of carbonyl (C=O) groups is 1. The van der Waals surface area contributed by atoms with Crippen molar-refractivity contribution in [1.29, 1.82) is 0 Å². The fourth-order valence-electron chi connectivity index (χ4n) is 4.56. The predicted octanol–water partition coefficient (Wildman–Crippen LogP) is 5.93. The number of nitro groups is 1. The van der Waals surface area contributed by atoms with Crippen molar-refractivity contribution in [3.8, 4) is 0 Å². The van der Waals surface area contributed by atoms with Crippen LogP contribution < -0.4 is 4.90 Å². The molecule has 0 aliphatic carbocycles. The van der Waals surface area contributed by atoms with Gasteiger partial charge in [-0.3, -0.25) is 15.0 Å². The van der Waals surface area contributed by atoms with Gasteiger partial charge < -0.3 is 9.47 Å². The molecular weight excluding hydrogens is 456 g/mol. The van der Waals surface area contributed by atoms with Crippen molar-refractivity contribution < 1.29 is 19.2 Å². The molecule has 1 aliphatic rings. The van der Waals surface area contributed by atoms with Gasteiger partial charge in [0.2, 0.25) is 0 Å². The highest BCUT2D eigenvalue weighted by Crippen LogP contribution is 2.41. The van der Waals surface area contributed by atoms with Gasteiger partial charge in [-0.05, 0) is 28.8 Å². The summed E-state index contributed by atoms with van der Waals surface area (Å²) in [6, 6.07) is 35.8. The Morgan fingerprint density at radius 3 is 1.72 bits per heavy atom. The third-order valence-corrected chi connectivity index (χ3v) is 6.27. The van der Waals surface area contributed by atoms with Crippen molar-refractivity contribution in [3.05, 3.63) is 142 Å². The maximum absolute atomic E-state index is 12.7. The van der Waals surface area contributed by atoms with Crippen LogP contribution in [0, 0.1) is 10.1 Å². The number of amides is 1. The Morgan fingerprint density at radius 1 is 0.806 bits per heavy atom. The molecule has 0 saturated carbocycles. The number of hydrogen-bond acceptors (Lipinski definition) is 5. The first kappa shape index (κ1) is 23.3. The van der Waals surface area contributed by atoms with E-state index >= 15 is 0 Å². The number of carbonyl (C=O) groups excluding carboxylic acids is 1. The molecule has 1 fully saturated rings. The molecule has 0 radical (unpaired) electrons. The van der Waals surface area contributed by atoms with E-state index in [1.54, 1.807) is 12.1 Å². The Hall–Kier alpha value is -4.49. The SMILES string of the molecule is O=C1O[C@H](COC(c2ccccc2)(c2ccccc2)c2ccccc2)CN1c1ccc([N+](=O)[O-])cc1. The molecule has 0 N–H and O–H groups in total. The van der Waals surface area contributed by atoms with Crippen LogP contribution in [0.5, 0.6) is 0 Å². The number of non-ortho nitro benzene ring substituents is 1. The molecule has 36 heavy (non-hydrogen) atoms. The summed E-state index contributed by atoms with van der Waals surface area (Å²) >= 11 is 0. The van der Waals surface area contributed by atoms with E-state index in [0.29, 0.717) is 5.69 Å². The smallest absolute Gasteiger partial charge is 0.414 e. The van der Waals surface area contributed by atoms with E-state index in [0.717, 1.165) is 16.7 Å².